The number of aromatic nitrogens is 1. The van der Waals surface area contributed by atoms with Gasteiger partial charge in [-0.05, 0) is 55.5 Å². The minimum atomic E-state index is -0.308. The van der Waals surface area contributed by atoms with Gasteiger partial charge in [-0.1, -0.05) is 44.7 Å². The highest BCUT2D eigenvalue weighted by molar-refractivity contribution is 8.00. The molecule has 1 aromatic heterocycles. The fraction of sp³-hybridized carbons (Fsp3) is 0.381. The van der Waals surface area contributed by atoms with Crippen molar-refractivity contribution in [2.24, 2.45) is 0 Å². The van der Waals surface area contributed by atoms with Gasteiger partial charge in [-0.25, -0.2) is 4.98 Å². The van der Waals surface area contributed by atoms with E-state index in [0.29, 0.717) is 17.0 Å². The monoisotopic (exact) mass is 367 g/mol. The molecule has 0 saturated carbocycles. The molecule has 0 aliphatic rings. The van der Waals surface area contributed by atoms with Gasteiger partial charge < -0.3 is 5.32 Å². The molecule has 0 saturated heterocycles. The third-order valence-corrected chi connectivity index (χ3v) is 5.53. The lowest BCUT2D eigenvalue weighted by Crippen LogP contribution is -2.25. The highest BCUT2D eigenvalue weighted by Crippen LogP contribution is 2.29. The molecule has 1 amide bonds. The van der Waals surface area contributed by atoms with Crippen LogP contribution in [0.1, 0.15) is 55.5 Å². The molecule has 1 heterocycles. The minimum absolute atomic E-state index is 0.0631. The summed E-state index contributed by atoms with van der Waals surface area (Å²) in [5.41, 5.74) is 4.40. The predicted octanol–water partition coefficient (Wildman–Crippen LogP) is 5.20. The maximum absolute atomic E-state index is 12.8. The number of nitrogens with zero attached hydrogens (tertiary/aromatic N) is 2. The normalized spacial score (nSPS) is 11.9. The summed E-state index contributed by atoms with van der Waals surface area (Å²) >= 11 is 1.36. The van der Waals surface area contributed by atoms with Crippen molar-refractivity contribution in [3.63, 3.8) is 0 Å². The lowest BCUT2D eigenvalue weighted by atomic mass is 10.1. The number of amides is 1. The molecule has 1 atom stereocenters. The van der Waals surface area contributed by atoms with Crippen molar-refractivity contribution in [3.8, 4) is 6.07 Å². The van der Waals surface area contributed by atoms with E-state index in [-0.39, 0.29) is 17.1 Å². The van der Waals surface area contributed by atoms with Crippen molar-refractivity contribution in [3.05, 3.63) is 52.7 Å². The first kappa shape index (κ1) is 20.0. The van der Waals surface area contributed by atoms with E-state index in [1.165, 1.54) is 11.8 Å². The largest absolute Gasteiger partial charge is 0.325 e. The minimum Gasteiger partial charge on any atom is -0.325 e. The molecule has 2 aromatic rings. The van der Waals surface area contributed by atoms with Crippen molar-refractivity contribution in [1.82, 2.24) is 4.98 Å². The molecule has 1 unspecified atom stereocenters. The average molecular weight is 368 g/mol. The standard InChI is InChI=1S/C21H25N3OS/c1-6-19(20(25)23-18-11-14(4)7-8-15(18)5)26-21-16(12-22)9-10-17(24-21)13(2)3/h7-11,13,19H,6H2,1-5H3,(H,23,25). The summed E-state index contributed by atoms with van der Waals surface area (Å²) in [4.78, 5) is 17.4. The number of aryl methyl sites for hydroxylation is 2. The van der Waals surface area contributed by atoms with Crippen molar-refractivity contribution < 1.29 is 4.79 Å². The Hall–Kier alpha value is -2.32. The van der Waals surface area contributed by atoms with Crippen LogP contribution in [-0.2, 0) is 4.79 Å². The number of pyridine rings is 1. The fourth-order valence-electron chi connectivity index (χ4n) is 2.49. The molecule has 0 radical (unpaired) electrons. The van der Waals surface area contributed by atoms with Crippen LogP contribution in [-0.4, -0.2) is 16.1 Å². The molecule has 0 spiro atoms. The fourth-order valence-corrected chi connectivity index (χ4v) is 3.49. The van der Waals surface area contributed by atoms with Crippen LogP contribution < -0.4 is 5.32 Å². The smallest absolute Gasteiger partial charge is 0.237 e. The Morgan fingerprint density at radius 2 is 2.00 bits per heavy atom. The zero-order valence-electron chi connectivity index (χ0n) is 16.0. The number of carbonyl (C=O) groups excluding carboxylic acids is 1. The number of anilines is 1. The van der Waals surface area contributed by atoms with Crippen molar-refractivity contribution >= 4 is 23.4 Å². The number of nitrogens with one attached hydrogen (secondary N) is 1. The highest BCUT2D eigenvalue weighted by Gasteiger charge is 2.21. The lowest BCUT2D eigenvalue weighted by molar-refractivity contribution is -0.115. The third kappa shape index (κ3) is 4.86. The van der Waals surface area contributed by atoms with Crippen LogP contribution in [0.25, 0.3) is 0 Å². The molecule has 0 fully saturated rings. The van der Waals surface area contributed by atoms with Crippen molar-refractivity contribution in [2.45, 2.75) is 57.2 Å². The molecule has 4 nitrogen and oxygen atoms in total. The van der Waals surface area contributed by atoms with Gasteiger partial charge in [0, 0.05) is 11.4 Å². The van der Waals surface area contributed by atoms with E-state index in [0.717, 1.165) is 22.5 Å². The molecule has 26 heavy (non-hydrogen) atoms. The Morgan fingerprint density at radius 1 is 1.27 bits per heavy atom. The second-order valence-corrected chi connectivity index (χ2v) is 7.87. The van der Waals surface area contributed by atoms with Gasteiger partial charge in [0.1, 0.15) is 11.1 Å². The van der Waals surface area contributed by atoms with Gasteiger partial charge in [-0.3, -0.25) is 4.79 Å². The maximum atomic E-state index is 12.8. The SMILES string of the molecule is CCC(Sc1nc(C(C)C)ccc1C#N)C(=O)Nc1cc(C)ccc1C. The van der Waals surface area contributed by atoms with Gasteiger partial charge in [-0.15, -0.1) is 0 Å². The topological polar surface area (TPSA) is 65.8 Å². The Labute approximate surface area is 160 Å². The molecule has 136 valence electrons. The number of hydrogen-bond donors (Lipinski definition) is 1. The number of carbonyl (C=O) groups is 1. The summed E-state index contributed by atoms with van der Waals surface area (Å²) in [6, 6.07) is 11.9. The summed E-state index contributed by atoms with van der Waals surface area (Å²) < 4.78 is 0. The summed E-state index contributed by atoms with van der Waals surface area (Å²) in [5.74, 6) is 0.206. The first-order valence-electron chi connectivity index (χ1n) is 8.81. The van der Waals surface area contributed by atoms with E-state index in [1.54, 1.807) is 6.07 Å². The molecule has 1 N–H and O–H groups in total. The summed E-state index contributed by atoms with van der Waals surface area (Å²) in [5, 5.41) is 12.7. The Kier molecular flexibility index (Phi) is 6.82. The van der Waals surface area contributed by atoms with Crippen LogP contribution in [0.3, 0.4) is 0 Å². The lowest BCUT2D eigenvalue weighted by Gasteiger charge is -2.17. The second kappa shape index (κ2) is 8.86. The Balaban J connectivity index is 2.23. The molecule has 1 aromatic carbocycles. The van der Waals surface area contributed by atoms with E-state index in [2.05, 4.69) is 30.2 Å². The molecule has 5 heteroatoms. The summed E-state index contributed by atoms with van der Waals surface area (Å²) in [6.45, 7) is 10.1. The van der Waals surface area contributed by atoms with Crippen LogP contribution in [0.4, 0.5) is 5.69 Å². The number of hydrogen-bond acceptors (Lipinski definition) is 4. The third-order valence-electron chi connectivity index (χ3n) is 4.16. The first-order chi connectivity index (χ1) is 12.3. The Morgan fingerprint density at radius 3 is 2.62 bits per heavy atom. The molecule has 0 bridgehead atoms. The first-order valence-corrected chi connectivity index (χ1v) is 9.69. The molecule has 0 aliphatic carbocycles. The van der Waals surface area contributed by atoms with Gasteiger partial charge in [0.25, 0.3) is 0 Å². The molecular formula is C21H25N3OS. The molecular weight excluding hydrogens is 342 g/mol. The van der Waals surface area contributed by atoms with E-state index in [4.69, 9.17) is 0 Å². The zero-order chi connectivity index (χ0) is 19.3. The van der Waals surface area contributed by atoms with Gasteiger partial charge in [-0.2, -0.15) is 5.26 Å². The molecule has 0 aliphatic heterocycles. The Bertz CT molecular complexity index is 840. The van der Waals surface area contributed by atoms with Crippen molar-refractivity contribution in [2.75, 3.05) is 5.32 Å². The number of nitriles is 1. The summed E-state index contributed by atoms with van der Waals surface area (Å²) in [7, 11) is 0. The van der Waals surface area contributed by atoms with E-state index < -0.39 is 0 Å². The highest BCUT2D eigenvalue weighted by atomic mass is 32.2. The number of benzene rings is 1. The van der Waals surface area contributed by atoms with Crippen LogP contribution in [0.15, 0.2) is 35.4 Å². The van der Waals surface area contributed by atoms with Gasteiger partial charge >= 0.3 is 0 Å². The maximum Gasteiger partial charge on any atom is 0.237 e. The van der Waals surface area contributed by atoms with Crippen LogP contribution >= 0.6 is 11.8 Å². The van der Waals surface area contributed by atoms with Crippen LogP contribution in [0.2, 0.25) is 0 Å². The van der Waals surface area contributed by atoms with Crippen LogP contribution in [0.5, 0.6) is 0 Å². The van der Waals surface area contributed by atoms with Crippen molar-refractivity contribution in [1.29, 1.82) is 5.26 Å². The quantitative estimate of drug-likeness (QED) is 0.712. The number of thioether (sulfide) groups is 1. The van der Waals surface area contributed by atoms with Gasteiger partial charge in [0.15, 0.2) is 0 Å². The van der Waals surface area contributed by atoms with E-state index in [1.807, 2.05) is 45.0 Å². The zero-order valence-corrected chi connectivity index (χ0v) is 16.8. The van der Waals surface area contributed by atoms with Gasteiger partial charge in [0.2, 0.25) is 5.91 Å². The predicted molar refractivity (Wildman–Crippen MR) is 108 cm³/mol. The van der Waals surface area contributed by atoms with Gasteiger partial charge in [0.05, 0.1) is 10.8 Å². The average Bonchev–Trinajstić information content (AvgIpc) is 2.62. The number of rotatable bonds is 6. The van der Waals surface area contributed by atoms with E-state index >= 15 is 0 Å². The second-order valence-electron chi connectivity index (χ2n) is 6.68. The van der Waals surface area contributed by atoms with E-state index in [9.17, 15) is 10.1 Å². The summed E-state index contributed by atoms with van der Waals surface area (Å²) in [6.07, 6.45) is 0.653. The molecule has 2 rings (SSSR count). The van der Waals surface area contributed by atoms with Crippen LogP contribution in [0, 0.1) is 25.2 Å².